The molecule has 0 unspecified atom stereocenters. The Bertz CT molecular complexity index is 1320. The van der Waals surface area contributed by atoms with Gasteiger partial charge in [0, 0.05) is 18.2 Å². The third-order valence-electron chi connectivity index (χ3n) is 7.26. The van der Waals surface area contributed by atoms with Crippen molar-refractivity contribution in [2.24, 2.45) is 0 Å². The summed E-state index contributed by atoms with van der Waals surface area (Å²) in [6.07, 6.45) is 3.61. The second-order valence-corrected chi connectivity index (χ2v) is 38.5. The Morgan fingerprint density at radius 2 is 0.689 bits per heavy atom. The van der Waals surface area contributed by atoms with Crippen molar-refractivity contribution in [1.82, 2.24) is 16.0 Å². The highest BCUT2D eigenvalue weighted by Crippen LogP contribution is 2.26. The molecule has 0 radical (unpaired) electrons. The van der Waals surface area contributed by atoms with Crippen molar-refractivity contribution >= 4 is 78.0 Å². The average Bonchev–Trinajstić information content (AvgIpc) is 3.13. The highest BCUT2D eigenvalue weighted by Gasteiger charge is 2.40. The first-order valence-electron chi connectivity index (χ1n) is 20.4. The van der Waals surface area contributed by atoms with Crippen molar-refractivity contribution in [3.63, 3.8) is 0 Å². The van der Waals surface area contributed by atoms with Crippen molar-refractivity contribution in [3.8, 4) is 0 Å². The number of alkyl carbamates (subject to hydrolysis) is 3. The summed E-state index contributed by atoms with van der Waals surface area (Å²) >= 11 is 0. The van der Waals surface area contributed by atoms with Gasteiger partial charge in [0.1, 0.15) is 19.8 Å². The topological polar surface area (TPSA) is 222 Å². The molecular formula is C38H75N3O15Si5. The summed E-state index contributed by atoms with van der Waals surface area (Å²) in [4.78, 5) is 67.6. The van der Waals surface area contributed by atoms with E-state index in [1.165, 1.54) is 0 Å². The zero-order valence-corrected chi connectivity index (χ0v) is 43.6. The van der Waals surface area contributed by atoms with E-state index >= 15 is 0 Å². The fourth-order valence-corrected chi connectivity index (χ4v) is 26.7. The maximum atomic E-state index is 11.6. The summed E-state index contributed by atoms with van der Waals surface area (Å²) in [6.45, 7) is 35.0. The number of hydrogen-bond donors (Lipinski definition) is 3. The van der Waals surface area contributed by atoms with Crippen LogP contribution in [0.5, 0.6) is 0 Å². The Labute approximate surface area is 368 Å². The smallest absolute Gasteiger partial charge is 0.407 e. The van der Waals surface area contributed by atoms with Crippen LogP contribution in [0.3, 0.4) is 0 Å². The molecule has 0 aromatic heterocycles. The second-order valence-electron chi connectivity index (χ2n) is 16.8. The summed E-state index contributed by atoms with van der Waals surface area (Å²) in [7, 11) is -9.65. The molecule has 0 bridgehead atoms. The lowest BCUT2D eigenvalue weighted by Gasteiger charge is -2.38. The van der Waals surface area contributed by atoms with Gasteiger partial charge in [-0.25, -0.2) is 28.8 Å². The van der Waals surface area contributed by atoms with Crippen LogP contribution in [0.15, 0.2) is 38.0 Å². The molecule has 0 saturated heterocycles. The summed E-state index contributed by atoms with van der Waals surface area (Å²) in [5.41, 5.74) is 0. The minimum absolute atomic E-state index is 0.0520. The molecule has 0 aliphatic rings. The van der Waals surface area contributed by atoms with Crippen LogP contribution in [-0.4, -0.2) is 137 Å². The summed E-state index contributed by atoms with van der Waals surface area (Å²) in [5.74, 6) is -1.61. The van der Waals surface area contributed by atoms with Gasteiger partial charge in [-0.2, -0.15) is 0 Å². The van der Waals surface area contributed by atoms with E-state index in [1.807, 2.05) is 0 Å². The summed E-state index contributed by atoms with van der Waals surface area (Å²) < 4.78 is 49.0. The van der Waals surface area contributed by atoms with Gasteiger partial charge in [-0.15, -0.1) is 0 Å². The molecule has 0 atom stereocenters. The zero-order chi connectivity index (χ0) is 47.2. The van der Waals surface area contributed by atoms with Crippen LogP contribution in [0.2, 0.25) is 90.1 Å². The Hall–Kier alpha value is -3.60. The minimum Gasteiger partial charge on any atom is -0.461 e. The zero-order valence-electron chi connectivity index (χ0n) is 38.6. The normalized spacial score (nSPS) is 11.7. The first-order chi connectivity index (χ1) is 28.2. The predicted molar refractivity (Wildman–Crippen MR) is 246 cm³/mol. The maximum Gasteiger partial charge on any atom is 0.407 e. The van der Waals surface area contributed by atoms with E-state index in [-0.39, 0.29) is 52.7 Å². The van der Waals surface area contributed by atoms with Crippen LogP contribution >= 0.6 is 0 Å². The van der Waals surface area contributed by atoms with Crippen LogP contribution in [-0.2, 0) is 55.2 Å². The van der Waals surface area contributed by atoms with E-state index in [0.29, 0.717) is 25.9 Å². The molecular weight excluding hydrogens is 879 g/mol. The number of amides is 3. The van der Waals surface area contributed by atoms with E-state index in [0.717, 1.165) is 36.4 Å². The van der Waals surface area contributed by atoms with E-state index in [9.17, 15) is 28.8 Å². The number of carbonyl (C=O) groups is 6. The van der Waals surface area contributed by atoms with Gasteiger partial charge in [0.15, 0.2) is 33.3 Å². The molecule has 0 aliphatic heterocycles. The monoisotopic (exact) mass is 953 g/mol. The molecule has 0 spiro atoms. The molecule has 0 aliphatic carbocycles. The molecule has 0 saturated carbocycles. The number of esters is 3. The van der Waals surface area contributed by atoms with E-state index in [4.69, 9.17) is 40.8 Å². The third-order valence-corrected chi connectivity index (χ3v) is 24.4. The number of rotatable bonds is 30. The minimum atomic E-state index is -2.30. The third kappa shape index (κ3) is 39.0. The standard InChI is InChI=1S/C22H40N2O9Si2.C16H35NO6Si3/c1-7-19(25)29-15-11-23-21(27)31-13-9-17-34(3,4)33-35(5,6)18-10-14-32-22(28)24-12-16-30-20(26)8-2;1-9-15(18)20-13-11-17-16(19)21-12-10-14-26(8,22-24(2,3)4)23-25(5,6)7/h7-8H,1-2,9-18H2,3-6H3,(H,23,27)(H,24,28);9H,1,10-14H2,2-8H3,(H,17,19). The first kappa shape index (κ1) is 59.5. The van der Waals surface area contributed by atoms with Crippen LogP contribution in [0.1, 0.15) is 19.3 Å². The lowest BCUT2D eigenvalue weighted by Crippen LogP contribution is -2.52. The van der Waals surface area contributed by atoms with Gasteiger partial charge in [0.2, 0.25) is 0 Å². The average molecular weight is 954 g/mol. The van der Waals surface area contributed by atoms with Gasteiger partial charge in [0.25, 0.3) is 0 Å². The molecule has 0 aromatic carbocycles. The van der Waals surface area contributed by atoms with Crippen molar-refractivity contribution in [2.75, 3.05) is 59.3 Å². The second kappa shape index (κ2) is 31.3. The quantitative estimate of drug-likeness (QED) is 0.0224. The number of nitrogens with one attached hydrogen (secondary N) is 3. The molecule has 18 nitrogen and oxygen atoms in total. The molecule has 3 N–H and O–H groups in total. The SMILES string of the molecule is C=CC(=O)OCCNC(=O)OCCC[Si](C)(C)O[Si](C)(C)CCCOC(=O)NCCOC(=O)C=C.C=CC(=O)OCCNC(=O)OCCC[Si](C)(O[Si](C)(C)C)O[Si](C)(C)C. The van der Waals surface area contributed by atoms with E-state index < -0.39 is 78.0 Å². The summed E-state index contributed by atoms with van der Waals surface area (Å²) in [6, 6.07) is 2.46. The van der Waals surface area contributed by atoms with E-state index in [1.54, 1.807) is 0 Å². The molecule has 3 amide bonds. The van der Waals surface area contributed by atoms with Gasteiger partial charge in [0.05, 0.1) is 39.5 Å². The number of carbonyl (C=O) groups excluding carboxylic acids is 6. The molecule has 23 heteroatoms. The van der Waals surface area contributed by atoms with Crippen molar-refractivity contribution in [2.45, 2.75) is 109 Å². The fraction of sp³-hybridized carbons (Fsp3) is 0.684. The molecule has 352 valence electrons. The summed E-state index contributed by atoms with van der Waals surface area (Å²) in [5, 5.41) is 7.54. The van der Waals surface area contributed by atoms with Crippen LogP contribution in [0.4, 0.5) is 14.4 Å². The molecule has 0 heterocycles. The largest absolute Gasteiger partial charge is 0.461 e. The van der Waals surface area contributed by atoms with Gasteiger partial charge < -0.3 is 56.7 Å². The van der Waals surface area contributed by atoms with Crippen molar-refractivity contribution < 1.29 is 69.5 Å². The Kier molecular flexibility index (Phi) is 30.5. The predicted octanol–water partition coefficient (Wildman–Crippen LogP) is 6.71. The molecule has 0 aromatic rings. The highest BCUT2D eigenvalue weighted by atomic mass is 28.5. The number of ether oxygens (including phenoxy) is 6. The van der Waals surface area contributed by atoms with E-state index in [2.05, 4.69) is 108 Å². The number of hydrogen-bond acceptors (Lipinski definition) is 15. The molecule has 0 fully saturated rings. The fourth-order valence-electron chi connectivity index (χ4n) is 5.40. The lowest BCUT2D eigenvalue weighted by atomic mass is 10.5. The van der Waals surface area contributed by atoms with Crippen LogP contribution in [0.25, 0.3) is 0 Å². The maximum absolute atomic E-state index is 11.6. The lowest BCUT2D eigenvalue weighted by molar-refractivity contribution is -0.138. The van der Waals surface area contributed by atoms with Gasteiger partial charge >= 0.3 is 44.7 Å². The van der Waals surface area contributed by atoms with Crippen LogP contribution in [0, 0.1) is 0 Å². The Morgan fingerprint density at radius 1 is 0.410 bits per heavy atom. The van der Waals surface area contributed by atoms with Gasteiger partial charge in [-0.1, -0.05) is 19.7 Å². The van der Waals surface area contributed by atoms with Crippen molar-refractivity contribution in [3.05, 3.63) is 38.0 Å². The van der Waals surface area contributed by atoms with Crippen molar-refractivity contribution in [1.29, 1.82) is 0 Å². The first-order valence-corrected chi connectivity index (χ1v) is 35.9. The molecule has 0 rings (SSSR count). The Balaban J connectivity index is 0. The van der Waals surface area contributed by atoms with Gasteiger partial charge in [-0.05, 0) is 109 Å². The van der Waals surface area contributed by atoms with Crippen LogP contribution < -0.4 is 16.0 Å². The Morgan fingerprint density at radius 3 is 0.951 bits per heavy atom. The highest BCUT2D eigenvalue weighted by molar-refractivity contribution is 6.87. The van der Waals surface area contributed by atoms with Gasteiger partial charge in [-0.3, -0.25) is 0 Å². The molecule has 61 heavy (non-hydrogen) atoms.